The summed E-state index contributed by atoms with van der Waals surface area (Å²) in [4.78, 5) is 0. The summed E-state index contributed by atoms with van der Waals surface area (Å²) in [5, 5.41) is 0. The third-order valence-electron chi connectivity index (χ3n) is 2.60. The molecule has 0 saturated carbocycles. The fourth-order valence-electron chi connectivity index (χ4n) is 1.87. The van der Waals surface area contributed by atoms with Gasteiger partial charge in [0.15, 0.2) is 11.6 Å². The number of hydrogen-bond donors (Lipinski definition) is 0. The molecule has 2 fully saturated rings. The van der Waals surface area contributed by atoms with Crippen molar-refractivity contribution in [3.8, 4) is 0 Å². The van der Waals surface area contributed by atoms with E-state index in [0.29, 0.717) is 13.2 Å². The van der Waals surface area contributed by atoms with Crippen LogP contribution in [0.1, 0.15) is 27.7 Å². The van der Waals surface area contributed by atoms with Gasteiger partial charge in [0, 0.05) is 0 Å². The van der Waals surface area contributed by atoms with Gasteiger partial charge in [0.05, 0.1) is 13.2 Å². The van der Waals surface area contributed by atoms with E-state index in [1.165, 1.54) is 0 Å². The minimum absolute atomic E-state index is 0.0160. The highest BCUT2D eigenvalue weighted by molar-refractivity contribution is 4.99. The molecule has 4 heteroatoms. The summed E-state index contributed by atoms with van der Waals surface area (Å²) in [5.41, 5.74) is 0. The van der Waals surface area contributed by atoms with Crippen molar-refractivity contribution in [2.75, 3.05) is 13.2 Å². The summed E-state index contributed by atoms with van der Waals surface area (Å²) in [5.74, 6) is -0.942. The summed E-state index contributed by atoms with van der Waals surface area (Å²) in [6, 6.07) is 0. The van der Waals surface area contributed by atoms with Crippen LogP contribution in [0.15, 0.2) is 12.2 Å². The fraction of sp³-hybridized carbons (Fsp3) is 0.833. The van der Waals surface area contributed by atoms with Crippen molar-refractivity contribution in [1.82, 2.24) is 0 Å². The number of ether oxygens (including phenoxy) is 4. The van der Waals surface area contributed by atoms with E-state index in [0.717, 1.165) is 0 Å². The van der Waals surface area contributed by atoms with Crippen LogP contribution >= 0.6 is 0 Å². The van der Waals surface area contributed by atoms with Crippen LogP contribution in [0.4, 0.5) is 0 Å². The first kappa shape index (κ1) is 12.0. The first-order chi connectivity index (χ1) is 7.36. The van der Waals surface area contributed by atoms with E-state index in [4.69, 9.17) is 18.9 Å². The lowest BCUT2D eigenvalue weighted by molar-refractivity contribution is -0.135. The molecule has 0 aromatic heterocycles. The number of hydrogen-bond acceptors (Lipinski definition) is 4. The van der Waals surface area contributed by atoms with Gasteiger partial charge in [0.1, 0.15) is 12.2 Å². The summed E-state index contributed by atoms with van der Waals surface area (Å²) >= 11 is 0. The van der Waals surface area contributed by atoms with Crippen LogP contribution in [0.25, 0.3) is 0 Å². The second-order valence-corrected chi connectivity index (χ2v) is 5.12. The Labute approximate surface area is 96.5 Å². The van der Waals surface area contributed by atoms with Crippen LogP contribution < -0.4 is 0 Å². The molecule has 2 aliphatic rings. The fourth-order valence-corrected chi connectivity index (χ4v) is 1.87. The Bertz CT molecular complexity index is 255. The van der Waals surface area contributed by atoms with Crippen LogP contribution in [0.2, 0.25) is 0 Å². The molecule has 0 N–H and O–H groups in total. The Morgan fingerprint density at radius 3 is 1.44 bits per heavy atom. The standard InChI is InChI=1S/C12H20O4/c1-11(2)13-7-9(15-11)5-6-10-8-14-12(3,4)16-10/h5-6,9-10H,7-8H2,1-4H3/t9-,10+. The molecule has 16 heavy (non-hydrogen) atoms. The molecule has 2 aliphatic heterocycles. The van der Waals surface area contributed by atoms with E-state index >= 15 is 0 Å². The quantitative estimate of drug-likeness (QED) is 0.676. The van der Waals surface area contributed by atoms with Gasteiger partial charge >= 0.3 is 0 Å². The zero-order valence-electron chi connectivity index (χ0n) is 10.4. The molecule has 0 unspecified atom stereocenters. The first-order valence-corrected chi connectivity index (χ1v) is 5.68. The number of rotatable bonds is 2. The van der Waals surface area contributed by atoms with Crippen LogP contribution in [0, 0.1) is 0 Å². The minimum atomic E-state index is -0.471. The average Bonchev–Trinajstić information content (AvgIpc) is 2.66. The van der Waals surface area contributed by atoms with Crippen LogP contribution in [0.5, 0.6) is 0 Å². The molecule has 0 bridgehead atoms. The normalized spacial score (nSPS) is 37.2. The van der Waals surface area contributed by atoms with Gasteiger partial charge in [-0.1, -0.05) is 12.2 Å². The molecule has 0 radical (unpaired) electrons. The third kappa shape index (κ3) is 3.04. The van der Waals surface area contributed by atoms with E-state index in [9.17, 15) is 0 Å². The predicted molar refractivity (Wildman–Crippen MR) is 58.9 cm³/mol. The van der Waals surface area contributed by atoms with E-state index in [-0.39, 0.29) is 12.2 Å². The first-order valence-electron chi connectivity index (χ1n) is 5.68. The SMILES string of the molecule is CC1(C)OC[C@@H](C=C[C@H]2COC(C)(C)O2)O1. The molecule has 2 rings (SSSR count). The van der Waals surface area contributed by atoms with Gasteiger partial charge in [-0.15, -0.1) is 0 Å². The van der Waals surface area contributed by atoms with Crippen molar-refractivity contribution in [1.29, 1.82) is 0 Å². The molecule has 2 heterocycles. The van der Waals surface area contributed by atoms with E-state index < -0.39 is 11.6 Å². The van der Waals surface area contributed by atoms with Gasteiger partial charge < -0.3 is 18.9 Å². The second kappa shape index (κ2) is 4.11. The lowest BCUT2D eigenvalue weighted by Crippen LogP contribution is -2.21. The molecular weight excluding hydrogens is 208 g/mol. The van der Waals surface area contributed by atoms with Crippen LogP contribution in [-0.2, 0) is 18.9 Å². The van der Waals surface area contributed by atoms with Gasteiger partial charge in [-0.2, -0.15) is 0 Å². The largest absolute Gasteiger partial charge is 0.347 e. The van der Waals surface area contributed by atoms with Crippen LogP contribution in [0.3, 0.4) is 0 Å². The maximum Gasteiger partial charge on any atom is 0.163 e. The maximum absolute atomic E-state index is 5.66. The Hall–Kier alpha value is -0.420. The van der Waals surface area contributed by atoms with Gasteiger partial charge in [0.25, 0.3) is 0 Å². The van der Waals surface area contributed by atoms with Gasteiger partial charge in [-0.3, -0.25) is 0 Å². The van der Waals surface area contributed by atoms with E-state index in [1.807, 2.05) is 39.8 Å². The molecule has 0 spiro atoms. The van der Waals surface area contributed by atoms with Gasteiger partial charge in [-0.25, -0.2) is 0 Å². The second-order valence-electron chi connectivity index (χ2n) is 5.12. The van der Waals surface area contributed by atoms with Gasteiger partial charge in [-0.05, 0) is 27.7 Å². The molecular formula is C12H20O4. The minimum Gasteiger partial charge on any atom is -0.347 e. The summed E-state index contributed by atoms with van der Waals surface area (Å²) in [7, 11) is 0. The molecule has 2 saturated heterocycles. The highest BCUT2D eigenvalue weighted by Gasteiger charge is 2.33. The lowest BCUT2D eigenvalue weighted by atomic mass is 10.2. The smallest absolute Gasteiger partial charge is 0.163 e. The van der Waals surface area contributed by atoms with Crippen molar-refractivity contribution in [2.45, 2.75) is 51.5 Å². The Balaban J connectivity index is 1.82. The molecule has 2 atom stereocenters. The zero-order valence-corrected chi connectivity index (χ0v) is 10.4. The molecule has 0 amide bonds. The van der Waals surface area contributed by atoms with Crippen molar-refractivity contribution in [3.05, 3.63) is 12.2 Å². The highest BCUT2D eigenvalue weighted by atomic mass is 16.7. The molecule has 4 nitrogen and oxygen atoms in total. The molecule has 0 aromatic rings. The molecule has 0 aromatic carbocycles. The maximum atomic E-state index is 5.66. The average molecular weight is 228 g/mol. The Morgan fingerprint density at radius 2 is 1.19 bits per heavy atom. The monoisotopic (exact) mass is 228 g/mol. The lowest BCUT2D eigenvalue weighted by Gasteiger charge is -2.16. The molecule has 0 aliphatic carbocycles. The summed E-state index contributed by atoms with van der Waals surface area (Å²) < 4.78 is 22.2. The van der Waals surface area contributed by atoms with E-state index in [2.05, 4.69) is 0 Å². The Morgan fingerprint density at radius 1 is 0.812 bits per heavy atom. The highest BCUT2D eigenvalue weighted by Crippen LogP contribution is 2.25. The van der Waals surface area contributed by atoms with Crippen LogP contribution in [-0.4, -0.2) is 37.0 Å². The van der Waals surface area contributed by atoms with Gasteiger partial charge in [0.2, 0.25) is 0 Å². The Kier molecular flexibility index (Phi) is 3.09. The van der Waals surface area contributed by atoms with Crippen molar-refractivity contribution in [3.63, 3.8) is 0 Å². The van der Waals surface area contributed by atoms with Crippen molar-refractivity contribution in [2.24, 2.45) is 0 Å². The molecule has 92 valence electrons. The third-order valence-corrected chi connectivity index (χ3v) is 2.60. The van der Waals surface area contributed by atoms with Crippen molar-refractivity contribution >= 4 is 0 Å². The van der Waals surface area contributed by atoms with Crippen molar-refractivity contribution < 1.29 is 18.9 Å². The zero-order chi connectivity index (χ0) is 11.8. The summed E-state index contributed by atoms with van der Waals surface area (Å²) in [6.07, 6.45) is 4.01. The van der Waals surface area contributed by atoms with E-state index in [1.54, 1.807) is 0 Å². The predicted octanol–water partition coefficient (Wildman–Crippen LogP) is 1.85. The topological polar surface area (TPSA) is 36.9 Å². The summed E-state index contributed by atoms with van der Waals surface area (Å²) in [6.45, 7) is 8.86.